The van der Waals surface area contributed by atoms with Gasteiger partial charge in [-0.25, -0.2) is 4.98 Å². The second-order valence-electron chi connectivity index (χ2n) is 5.94. The van der Waals surface area contributed by atoms with Gasteiger partial charge < -0.3 is 10.6 Å². The maximum Gasteiger partial charge on any atom is 0.191 e. The Kier molecular flexibility index (Phi) is 5.24. The van der Waals surface area contributed by atoms with Gasteiger partial charge in [0, 0.05) is 25.2 Å². The maximum absolute atomic E-state index is 4.34. The quantitative estimate of drug-likeness (QED) is 0.598. The molecule has 23 heavy (non-hydrogen) atoms. The van der Waals surface area contributed by atoms with Crippen LogP contribution in [0.1, 0.15) is 37.7 Å². The van der Waals surface area contributed by atoms with Crippen molar-refractivity contribution in [3.05, 3.63) is 36.2 Å². The van der Waals surface area contributed by atoms with Gasteiger partial charge in [-0.15, -0.1) is 0 Å². The lowest BCUT2D eigenvalue weighted by molar-refractivity contribution is 0.410. The van der Waals surface area contributed by atoms with E-state index in [0.29, 0.717) is 6.04 Å². The lowest BCUT2D eigenvalue weighted by atomic mass is 9.96. The Labute approximate surface area is 136 Å². The van der Waals surface area contributed by atoms with Crippen LogP contribution in [0.4, 0.5) is 0 Å². The van der Waals surface area contributed by atoms with Crippen LogP contribution in [-0.4, -0.2) is 34.2 Å². The van der Waals surface area contributed by atoms with Gasteiger partial charge in [0.25, 0.3) is 0 Å². The monoisotopic (exact) mass is 312 g/mol. The predicted octanol–water partition coefficient (Wildman–Crippen LogP) is 2.47. The molecule has 0 amide bonds. The lowest BCUT2D eigenvalue weighted by Gasteiger charge is -2.24. The summed E-state index contributed by atoms with van der Waals surface area (Å²) in [7, 11) is 1.82. The molecule has 0 atom stereocenters. The minimum Gasteiger partial charge on any atom is -0.354 e. The van der Waals surface area contributed by atoms with Crippen LogP contribution in [0.2, 0.25) is 0 Å². The summed E-state index contributed by atoms with van der Waals surface area (Å²) >= 11 is 0. The predicted molar refractivity (Wildman–Crippen MR) is 92.0 cm³/mol. The lowest BCUT2D eigenvalue weighted by Crippen LogP contribution is -2.43. The average Bonchev–Trinajstić information content (AvgIpc) is 3.14. The third-order valence-corrected chi connectivity index (χ3v) is 4.25. The van der Waals surface area contributed by atoms with Crippen LogP contribution in [0.15, 0.2) is 35.6 Å². The van der Waals surface area contributed by atoms with Crippen molar-refractivity contribution in [2.24, 2.45) is 4.99 Å². The molecular weight excluding hydrogens is 288 g/mol. The first kappa shape index (κ1) is 15.5. The van der Waals surface area contributed by atoms with E-state index in [0.717, 1.165) is 23.9 Å². The molecule has 122 valence electrons. The summed E-state index contributed by atoms with van der Waals surface area (Å²) in [4.78, 5) is 8.53. The number of benzene rings is 1. The number of nitrogens with zero attached hydrogens (tertiary/aromatic N) is 3. The molecule has 0 aliphatic heterocycles. The van der Waals surface area contributed by atoms with Gasteiger partial charge in [0.2, 0.25) is 0 Å². The van der Waals surface area contributed by atoms with Crippen molar-refractivity contribution in [2.45, 2.75) is 44.7 Å². The molecule has 1 saturated carbocycles. The number of hydrogen-bond donors (Lipinski definition) is 3. The summed E-state index contributed by atoms with van der Waals surface area (Å²) in [6.07, 6.45) is 7.99. The van der Waals surface area contributed by atoms with Crippen LogP contribution >= 0.6 is 0 Å². The topological polar surface area (TPSA) is 78.0 Å². The Bertz CT molecular complexity index is 628. The molecule has 1 aliphatic rings. The van der Waals surface area contributed by atoms with Crippen molar-refractivity contribution in [3.8, 4) is 11.4 Å². The van der Waals surface area contributed by atoms with E-state index < -0.39 is 0 Å². The van der Waals surface area contributed by atoms with Gasteiger partial charge in [-0.2, -0.15) is 5.10 Å². The Morgan fingerprint density at radius 1 is 1.30 bits per heavy atom. The SMILES string of the molecule is CN=C(NCc1cccc(-c2ncn[nH]2)c1)NC1CCCCC1. The van der Waals surface area contributed by atoms with Crippen LogP contribution < -0.4 is 10.6 Å². The van der Waals surface area contributed by atoms with Gasteiger partial charge in [0.15, 0.2) is 11.8 Å². The number of rotatable bonds is 4. The molecule has 1 heterocycles. The summed E-state index contributed by atoms with van der Waals surface area (Å²) < 4.78 is 0. The molecule has 0 unspecified atom stereocenters. The number of hydrogen-bond acceptors (Lipinski definition) is 3. The molecule has 1 fully saturated rings. The normalized spacial score (nSPS) is 16.3. The highest BCUT2D eigenvalue weighted by Gasteiger charge is 2.14. The van der Waals surface area contributed by atoms with Gasteiger partial charge in [-0.1, -0.05) is 37.5 Å². The maximum atomic E-state index is 4.34. The van der Waals surface area contributed by atoms with Crippen LogP contribution in [-0.2, 0) is 6.54 Å². The first-order chi connectivity index (χ1) is 11.3. The number of nitrogens with one attached hydrogen (secondary N) is 3. The minimum atomic E-state index is 0.551. The van der Waals surface area contributed by atoms with Crippen molar-refractivity contribution in [3.63, 3.8) is 0 Å². The summed E-state index contributed by atoms with van der Waals surface area (Å²) in [5.74, 6) is 1.67. The van der Waals surface area contributed by atoms with E-state index in [-0.39, 0.29) is 0 Å². The smallest absolute Gasteiger partial charge is 0.191 e. The van der Waals surface area contributed by atoms with Crippen molar-refractivity contribution >= 4 is 5.96 Å². The zero-order valence-electron chi connectivity index (χ0n) is 13.5. The molecule has 1 aromatic heterocycles. The molecule has 0 spiro atoms. The van der Waals surface area contributed by atoms with E-state index in [1.54, 1.807) is 0 Å². The van der Waals surface area contributed by atoms with Crippen molar-refractivity contribution < 1.29 is 0 Å². The van der Waals surface area contributed by atoms with Gasteiger partial charge in [0.1, 0.15) is 6.33 Å². The van der Waals surface area contributed by atoms with Gasteiger partial charge >= 0.3 is 0 Å². The highest BCUT2D eigenvalue weighted by Crippen LogP contribution is 2.17. The van der Waals surface area contributed by atoms with E-state index in [1.807, 2.05) is 19.2 Å². The van der Waals surface area contributed by atoms with Crippen LogP contribution in [0.25, 0.3) is 11.4 Å². The molecule has 3 rings (SSSR count). The number of aliphatic imine (C=N–C) groups is 1. The van der Waals surface area contributed by atoms with Crippen LogP contribution in [0.5, 0.6) is 0 Å². The fraction of sp³-hybridized carbons (Fsp3) is 0.471. The fourth-order valence-electron chi connectivity index (χ4n) is 2.99. The summed E-state index contributed by atoms with van der Waals surface area (Å²) in [5, 5.41) is 13.7. The minimum absolute atomic E-state index is 0.551. The highest BCUT2D eigenvalue weighted by atomic mass is 15.2. The fourth-order valence-corrected chi connectivity index (χ4v) is 2.99. The van der Waals surface area contributed by atoms with E-state index in [9.17, 15) is 0 Å². The Morgan fingerprint density at radius 2 is 2.17 bits per heavy atom. The van der Waals surface area contributed by atoms with Gasteiger partial charge in [-0.05, 0) is 24.5 Å². The van der Waals surface area contributed by atoms with Gasteiger partial charge in [-0.3, -0.25) is 10.1 Å². The summed E-state index contributed by atoms with van der Waals surface area (Å²) in [6, 6.07) is 8.82. The molecule has 0 saturated heterocycles. The van der Waals surface area contributed by atoms with E-state index >= 15 is 0 Å². The van der Waals surface area contributed by atoms with Crippen LogP contribution in [0.3, 0.4) is 0 Å². The van der Waals surface area contributed by atoms with Crippen molar-refractivity contribution in [1.29, 1.82) is 0 Å². The van der Waals surface area contributed by atoms with E-state index in [1.165, 1.54) is 44.0 Å². The molecule has 6 nitrogen and oxygen atoms in total. The third-order valence-electron chi connectivity index (χ3n) is 4.25. The Hall–Kier alpha value is -2.37. The highest BCUT2D eigenvalue weighted by molar-refractivity contribution is 5.80. The molecule has 2 aromatic rings. The van der Waals surface area contributed by atoms with Crippen molar-refractivity contribution in [2.75, 3.05) is 7.05 Å². The molecular formula is C17H24N6. The van der Waals surface area contributed by atoms with E-state index in [2.05, 4.69) is 42.9 Å². The number of aromatic nitrogens is 3. The van der Waals surface area contributed by atoms with Gasteiger partial charge in [0.05, 0.1) is 0 Å². The average molecular weight is 312 g/mol. The number of aromatic amines is 1. The van der Waals surface area contributed by atoms with E-state index in [4.69, 9.17) is 0 Å². The second kappa shape index (κ2) is 7.76. The molecule has 3 N–H and O–H groups in total. The molecule has 1 aliphatic carbocycles. The van der Waals surface area contributed by atoms with Crippen molar-refractivity contribution in [1.82, 2.24) is 25.8 Å². The standard InChI is InChI=1S/C17H24N6/c1-18-17(22-15-8-3-2-4-9-15)19-11-13-6-5-7-14(10-13)16-20-12-21-23-16/h5-7,10,12,15H,2-4,8-9,11H2,1H3,(H2,18,19,22)(H,20,21,23). The Balaban J connectivity index is 1.57. The number of H-pyrrole nitrogens is 1. The summed E-state index contributed by atoms with van der Waals surface area (Å²) in [5.41, 5.74) is 2.22. The Morgan fingerprint density at radius 3 is 2.91 bits per heavy atom. The molecule has 1 aromatic carbocycles. The summed E-state index contributed by atoms with van der Waals surface area (Å²) in [6.45, 7) is 0.731. The third kappa shape index (κ3) is 4.31. The first-order valence-corrected chi connectivity index (χ1v) is 8.27. The molecule has 0 bridgehead atoms. The zero-order chi connectivity index (χ0) is 15.9. The first-order valence-electron chi connectivity index (χ1n) is 8.27. The molecule has 0 radical (unpaired) electrons. The molecule has 6 heteroatoms. The zero-order valence-corrected chi connectivity index (χ0v) is 13.5. The van der Waals surface area contributed by atoms with Crippen LogP contribution in [0, 0.1) is 0 Å². The second-order valence-corrected chi connectivity index (χ2v) is 5.94. The largest absolute Gasteiger partial charge is 0.354 e. The number of guanidine groups is 1.